The molecule has 104 valence electrons. The van der Waals surface area contributed by atoms with Crippen LogP contribution in [0.15, 0.2) is 24.3 Å². The number of ketones is 1. The minimum absolute atomic E-state index is 0.0191. The van der Waals surface area contributed by atoms with Crippen LogP contribution in [0.3, 0.4) is 0 Å². The molecule has 3 N–H and O–H groups in total. The van der Waals surface area contributed by atoms with Crippen LogP contribution in [0.2, 0.25) is 0 Å². The van der Waals surface area contributed by atoms with Gasteiger partial charge in [0.25, 0.3) is 5.91 Å². The van der Waals surface area contributed by atoms with Crippen molar-refractivity contribution in [3.8, 4) is 0 Å². The summed E-state index contributed by atoms with van der Waals surface area (Å²) in [5, 5.41) is 6.83. The molecule has 6 nitrogen and oxygen atoms in total. The van der Waals surface area contributed by atoms with E-state index in [0.29, 0.717) is 28.3 Å². The SMILES string of the molecule is CC(=O)c1ccc(NC(=O)c2c(N)c(C)nn2C)cc1. The number of carbonyl (C=O) groups is 2. The zero-order valence-electron chi connectivity index (χ0n) is 11.6. The van der Waals surface area contributed by atoms with Crippen LogP contribution in [0.25, 0.3) is 0 Å². The molecule has 6 heteroatoms. The smallest absolute Gasteiger partial charge is 0.276 e. The average molecular weight is 272 g/mol. The van der Waals surface area contributed by atoms with Gasteiger partial charge in [0.1, 0.15) is 5.69 Å². The molecule has 0 aliphatic rings. The molecule has 2 rings (SSSR count). The van der Waals surface area contributed by atoms with E-state index in [1.54, 1.807) is 38.2 Å². The fourth-order valence-corrected chi connectivity index (χ4v) is 1.92. The van der Waals surface area contributed by atoms with E-state index in [9.17, 15) is 9.59 Å². The standard InChI is InChI=1S/C14H16N4O2/c1-8-12(15)13(18(3)17-8)14(20)16-11-6-4-10(5-7-11)9(2)19/h4-7H,15H2,1-3H3,(H,16,20). The Hall–Kier alpha value is -2.63. The first kappa shape index (κ1) is 13.8. The number of carbonyl (C=O) groups excluding carboxylic acids is 2. The fourth-order valence-electron chi connectivity index (χ4n) is 1.92. The molecule has 0 aliphatic heterocycles. The summed E-state index contributed by atoms with van der Waals surface area (Å²) in [6.45, 7) is 3.24. The summed E-state index contributed by atoms with van der Waals surface area (Å²) in [4.78, 5) is 23.3. The number of aromatic nitrogens is 2. The Balaban J connectivity index is 2.21. The van der Waals surface area contributed by atoms with Gasteiger partial charge in [0.15, 0.2) is 5.78 Å². The Bertz CT molecular complexity index is 671. The first-order chi connectivity index (χ1) is 9.40. The predicted octanol–water partition coefficient (Wildman–Crippen LogP) is 1.77. The van der Waals surface area contributed by atoms with Gasteiger partial charge >= 0.3 is 0 Å². The number of nitrogen functional groups attached to an aromatic ring is 1. The van der Waals surface area contributed by atoms with E-state index < -0.39 is 0 Å². The number of nitrogens with zero attached hydrogens (tertiary/aromatic N) is 2. The molecule has 1 amide bonds. The van der Waals surface area contributed by atoms with Crippen molar-refractivity contribution >= 4 is 23.1 Å². The Morgan fingerprint density at radius 3 is 2.30 bits per heavy atom. The van der Waals surface area contributed by atoms with Gasteiger partial charge in [-0.1, -0.05) is 0 Å². The van der Waals surface area contributed by atoms with Gasteiger partial charge in [-0.3, -0.25) is 14.3 Å². The van der Waals surface area contributed by atoms with Gasteiger partial charge < -0.3 is 11.1 Å². The molecule has 0 radical (unpaired) electrons. The highest BCUT2D eigenvalue weighted by molar-refractivity contribution is 6.07. The van der Waals surface area contributed by atoms with E-state index >= 15 is 0 Å². The number of aryl methyl sites for hydroxylation is 2. The quantitative estimate of drug-likeness (QED) is 0.833. The summed E-state index contributed by atoms with van der Waals surface area (Å²) >= 11 is 0. The van der Waals surface area contributed by atoms with Crippen molar-refractivity contribution in [2.45, 2.75) is 13.8 Å². The number of nitrogens with two attached hydrogens (primary N) is 1. The van der Waals surface area contributed by atoms with Gasteiger partial charge in [-0.25, -0.2) is 0 Å². The molecule has 20 heavy (non-hydrogen) atoms. The third kappa shape index (κ3) is 2.54. The fraction of sp³-hybridized carbons (Fsp3) is 0.214. The normalized spacial score (nSPS) is 10.3. The number of rotatable bonds is 3. The number of amides is 1. The Labute approximate surface area is 116 Å². The molecule has 0 aliphatic carbocycles. The van der Waals surface area contributed by atoms with Gasteiger partial charge in [-0.2, -0.15) is 5.10 Å². The van der Waals surface area contributed by atoms with Crippen LogP contribution in [0.1, 0.15) is 33.5 Å². The van der Waals surface area contributed by atoms with Crippen molar-refractivity contribution in [2.24, 2.45) is 7.05 Å². The van der Waals surface area contributed by atoms with Crippen LogP contribution in [0.4, 0.5) is 11.4 Å². The number of nitrogens with one attached hydrogen (secondary N) is 1. The van der Waals surface area contributed by atoms with Gasteiger partial charge in [0.05, 0.1) is 11.4 Å². The zero-order valence-corrected chi connectivity index (χ0v) is 11.6. The van der Waals surface area contributed by atoms with Crippen LogP contribution >= 0.6 is 0 Å². The third-order valence-electron chi connectivity index (χ3n) is 3.03. The van der Waals surface area contributed by atoms with E-state index in [1.165, 1.54) is 11.6 Å². The molecule has 1 aromatic heterocycles. The second-order valence-corrected chi connectivity index (χ2v) is 4.56. The van der Waals surface area contributed by atoms with Gasteiger partial charge in [0, 0.05) is 18.3 Å². The van der Waals surface area contributed by atoms with Crippen molar-refractivity contribution < 1.29 is 9.59 Å². The van der Waals surface area contributed by atoms with Crippen molar-refractivity contribution in [3.05, 3.63) is 41.2 Å². The molecule has 0 bridgehead atoms. The van der Waals surface area contributed by atoms with Crippen molar-refractivity contribution in [1.29, 1.82) is 0 Å². The third-order valence-corrected chi connectivity index (χ3v) is 3.03. The highest BCUT2D eigenvalue weighted by Gasteiger charge is 2.17. The summed E-state index contributed by atoms with van der Waals surface area (Å²) < 4.78 is 1.45. The number of Topliss-reactive ketones (excluding diaryl/α,β-unsaturated/α-hetero) is 1. The average Bonchev–Trinajstić information content (AvgIpc) is 2.63. The number of hydrogen-bond donors (Lipinski definition) is 2. The topological polar surface area (TPSA) is 90.0 Å². The predicted molar refractivity (Wildman–Crippen MR) is 76.8 cm³/mol. The van der Waals surface area contributed by atoms with Crippen LogP contribution in [0.5, 0.6) is 0 Å². The second kappa shape index (κ2) is 5.16. The summed E-state index contributed by atoms with van der Waals surface area (Å²) in [6, 6.07) is 6.67. The lowest BCUT2D eigenvalue weighted by Gasteiger charge is -2.06. The molecule has 0 saturated heterocycles. The van der Waals surface area contributed by atoms with Crippen molar-refractivity contribution in [1.82, 2.24) is 9.78 Å². The van der Waals surface area contributed by atoms with E-state index in [1.807, 2.05) is 0 Å². The Kier molecular flexibility index (Phi) is 3.56. The van der Waals surface area contributed by atoms with Crippen molar-refractivity contribution in [3.63, 3.8) is 0 Å². The molecular formula is C14H16N4O2. The van der Waals surface area contributed by atoms with E-state index in [4.69, 9.17) is 5.73 Å². The Morgan fingerprint density at radius 2 is 1.85 bits per heavy atom. The molecule has 0 atom stereocenters. The largest absolute Gasteiger partial charge is 0.395 e. The summed E-state index contributed by atoms with van der Waals surface area (Å²) in [6.07, 6.45) is 0. The van der Waals surface area contributed by atoms with E-state index in [2.05, 4.69) is 10.4 Å². The summed E-state index contributed by atoms with van der Waals surface area (Å²) in [5.74, 6) is -0.351. The lowest BCUT2D eigenvalue weighted by atomic mass is 10.1. The van der Waals surface area contributed by atoms with Crippen LogP contribution < -0.4 is 11.1 Å². The minimum atomic E-state index is -0.332. The highest BCUT2D eigenvalue weighted by Crippen LogP contribution is 2.17. The van der Waals surface area contributed by atoms with Gasteiger partial charge in [0.2, 0.25) is 0 Å². The maximum atomic E-state index is 12.2. The first-order valence-electron chi connectivity index (χ1n) is 6.11. The summed E-state index contributed by atoms with van der Waals surface area (Å²) in [7, 11) is 1.66. The maximum Gasteiger partial charge on any atom is 0.276 e. The first-order valence-corrected chi connectivity index (χ1v) is 6.11. The van der Waals surface area contributed by atoms with E-state index in [-0.39, 0.29) is 11.7 Å². The monoisotopic (exact) mass is 272 g/mol. The second-order valence-electron chi connectivity index (χ2n) is 4.56. The molecule has 0 saturated carbocycles. The lowest BCUT2D eigenvalue weighted by Crippen LogP contribution is -2.17. The minimum Gasteiger partial charge on any atom is -0.395 e. The molecule has 1 aromatic carbocycles. The van der Waals surface area contributed by atoms with Crippen LogP contribution in [-0.4, -0.2) is 21.5 Å². The maximum absolute atomic E-state index is 12.2. The van der Waals surface area contributed by atoms with E-state index in [0.717, 1.165) is 0 Å². The van der Waals surface area contributed by atoms with Crippen LogP contribution in [-0.2, 0) is 7.05 Å². The van der Waals surface area contributed by atoms with Gasteiger partial charge in [-0.05, 0) is 38.1 Å². The number of hydrogen-bond acceptors (Lipinski definition) is 4. The molecule has 0 spiro atoms. The van der Waals surface area contributed by atoms with Crippen LogP contribution in [0, 0.1) is 6.92 Å². The lowest BCUT2D eigenvalue weighted by molar-refractivity contribution is 0.101. The number of anilines is 2. The van der Waals surface area contributed by atoms with Crippen molar-refractivity contribution in [2.75, 3.05) is 11.1 Å². The summed E-state index contributed by atoms with van der Waals surface area (Å²) in [5.41, 5.74) is 8.32. The molecule has 1 heterocycles. The Morgan fingerprint density at radius 1 is 1.25 bits per heavy atom. The highest BCUT2D eigenvalue weighted by atomic mass is 16.2. The zero-order chi connectivity index (χ0) is 14.9. The molecule has 0 unspecified atom stereocenters. The molecule has 2 aromatic rings. The molecule has 0 fully saturated rings. The van der Waals surface area contributed by atoms with Gasteiger partial charge in [-0.15, -0.1) is 0 Å². The molecular weight excluding hydrogens is 256 g/mol. The number of benzene rings is 1.